The molecule has 4 aromatic rings. The maximum Gasteiger partial charge on any atom is 0.180 e. The lowest BCUT2D eigenvalue weighted by molar-refractivity contribution is 0.308. The van der Waals surface area contributed by atoms with Crippen molar-refractivity contribution in [2.75, 3.05) is 0 Å². The van der Waals surface area contributed by atoms with Crippen LogP contribution in [0.1, 0.15) is 5.56 Å². The summed E-state index contributed by atoms with van der Waals surface area (Å²) in [7, 11) is 0. The van der Waals surface area contributed by atoms with Gasteiger partial charge in [-0.3, -0.25) is 0 Å². The predicted octanol–water partition coefficient (Wildman–Crippen LogP) is 6.31. The maximum atomic E-state index is 6.21. The molecular formula is C20H15Cl3N2O. The summed E-state index contributed by atoms with van der Waals surface area (Å²) in [6.45, 7) is 0.283. The highest BCUT2D eigenvalue weighted by molar-refractivity contribution is 6.35. The van der Waals surface area contributed by atoms with Crippen LogP contribution in [-0.2, 0) is 6.61 Å². The Morgan fingerprint density at radius 3 is 2.35 bits per heavy atom. The van der Waals surface area contributed by atoms with Gasteiger partial charge in [0.25, 0.3) is 0 Å². The van der Waals surface area contributed by atoms with Crippen molar-refractivity contribution >= 4 is 41.3 Å². The third kappa shape index (κ3) is 3.65. The summed E-state index contributed by atoms with van der Waals surface area (Å²) in [5, 5.41) is 1.18. The van der Waals surface area contributed by atoms with Crippen molar-refractivity contribution in [2.45, 2.75) is 6.61 Å². The molecule has 2 aromatic carbocycles. The zero-order valence-electron chi connectivity index (χ0n) is 13.6. The quantitative estimate of drug-likeness (QED) is 0.398. The number of fused-ring (bicyclic) bond motifs is 1. The molecule has 0 saturated carbocycles. The van der Waals surface area contributed by atoms with Crippen molar-refractivity contribution in [3.05, 3.63) is 88.7 Å². The summed E-state index contributed by atoms with van der Waals surface area (Å²) in [6, 6.07) is 19.3. The smallest absolute Gasteiger partial charge is 0.180 e. The van der Waals surface area contributed by atoms with Crippen molar-refractivity contribution < 1.29 is 4.74 Å². The molecule has 0 fully saturated rings. The van der Waals surface area contributed by atoms with Gasteiger partial charge in [0, 0.05) is 33.6 Å². The molecule has 0 saturated heterocycles. The Hall–Kier alpha value is -2.20. The molecule has 132 valence electrons. The molecule has 26 heavy (non-hydrogen) atoms. The maximum absolute atomic E-state index is 6.21. The number of hydrogen-bond donors (Lipinski definition) is 0. The van der Waals surface area contributed by atoms with E-state index >= 15 is 0 Å². The second kappa shape index (κ2) is 8.00. The summed E-state index contributed by atoms with van der Waals surface area (Å²) in [6.07, 6.45) is 3.93. The van der Waals surface area contributed by atoms with Crippen LogP contribution in [0.2, 0.25) is 10.0 Å². The number of halogens is 3. The Balaban J connectivity index is 0.00000196. The van der Waals surface area contributed by atoms with Gasteiger partial charge in [0.05, 0.1) is 5.69 Å². The number of aromatic nitrogens is 2. The number of ether oxygens (including phenoxy) is 1. The minimum Gasteiger partial charge on any atom is -0.485 e. The molecule has 4 rings (SSSR count). The standard InChI is InChI=1S/C20H14Cl2N2O.ClH/c21-16-8-4-9-17(22)15(16)13-25-19-10-5-11-24-12-18(23-20(19)24)14-6-2-1-3-7-14;/h1-12H,13H2;1H. The number of benzene rings is 2. The molecule has 0 radical (unpaired) electrons. The van der Waals surface area contributed by atoms with Crippen LogP contribution in [0.3, 0.4) is 0 Å². The lowest BCUT2D eigenvalue weighted by Gasteiger charge is -2.10. The molecule has 6 heteroatoms. The highest BCUT2D eigenvalue weighted by Crippen LogP contribution is 2.28. The van der Waals surface area contributed by atoms with E-state index in [0.717, 1.165) is 22.5 Å². The first-order valence-electron chi connectivity index (χ1n) is 7.81. The van der Waals surface area contributed by atoms with Crippen LogP contribution < -0.4 is 4.74 Å². The van der Waals surface area contributed by atoms with E-state index in [1.54, 1.807) is 12.1 Å². The van der Waals surface area contributed by atoms with Gasteiger partial charge in [0.2, 0.25) is 0 Å². The van der Waals surface area contributed by atoms with Crippen molar-refractivity contribution in [1.29, 1.82) is 0 Å². The first-order valence-corrected chi connectivity index (χ1v) is 8.57. The van der Waals surface area contributed by atoms with Gasteiger partial charge in [-0.05, 0) is 24.3 Å². The topological polar surface area (TPSA) is 26.5 Å². The normalized spacial score (nSPS) is 10.5. The van der Waals surface area contributed by atoms with Crippen LogP contribution >= 0.6 is 35.6 Å². The molecule has 3 nitrogen and oxygen atoms in total. The molecule has 0 aliphatic rings. The van der Waals surface area contributed by atoms with E-state index in [1.165, 1.54) is 0 Å². The molecule has 0 spiro atoms. The zero-order chi connectivity index (χ0) is 17.2. The first kappa shape index (κ1) is 18.6. The lowest BCUT2D eigenvalue weighted by Crippen LogP contribution is -1.99. The van der Waals surface area contributed by atoms with Gasteiger partial charge in [0.1, 0.15) is 6.61 Å². The summed E-state index contributed by atoms with van der Waals surface area (Å²) in [4.78, 5) is 4.71. The van der Waals surface area contributed by atoms with E-state index in [0.29, 0.717) is 15.8 Å². The highest BCUT2D eigenvalue weighted by atomic mass is 35.5. The molecule has 2 heterocycles. The number of hydrogen-bond acceptors (Lipinski definition) is 2. The van der Waals surface area contributed by atoms with E-state index in [2.05, 4.69) is 0 Å². The largest absolute Gasteiger partial charge is 0.485 e. The minimum atomic E-state index is 0. The Morgan fingerprint density at radius 1 is 0.885 bits per heavy atom. The average Bonchev–Trinajstić information content (AvgIpc) is 3.07. The van der Waals surface area contributed by atoms with Crippen molar-refractivity contribution in [3.63, 3.8) is 0 Å². The van der Waals surface area contributed by atoms with Crippen LogP contribution in [-0.4, -0.2) is 9.38 Å². The van der Waals surface area contributed by atoms with Gasteiger partial charge in [0.15, 0.2) is 11.4 Å². The Kier molecular flexibility index (Phi) is 5.72. The first-order chi connectivity index (χ1) is 12.2. The lowest BCUT2D eigenvalue weighted by atomic mass is 10.2. The summed E-state index contributed by atoms with van der Waals surface area (Å²) in [5.74, 6) is 0.681. The van der Waals surface area contributed by atoms with Gasteiger partial charge >= 0.3 is 0 Å². The number of rotatable bonds is 4. The fourth-order valence-electron chi connectivity index (χ4n) is 2.67. The van der Waals surface area contributed by atoms with Crippen LogP contribution in [0.25, 0.3) is 16.9 Å². The van der Waals surface area contributed by atoms with Crippen LogP contribution in [0.4, 0.5) is 0 Å². The molecule has 0 aliphatic carbocycles. The number of nitrogens with zero attached hydrogens (tertiary/aromatic N) is 2. The number of pyridine rings is 1. The van der Waals surface area contributed by atoms with E-state index in [-0.39, 0.29) is 19.0 Å². The summed E-state index contributed by atoms with van der Waals surface area (Å²) >= 11 is 12.4. The Morgan fingerprint density at radius 2 is 1.62 bits per heavy atom. The van der Waals surface area contributed by atoms with Crippen LogP contribution in [0, 0.1) is 0 Å². The fourth-order valence-corrected chi connectivity index (χ4v) is 3.17. The second-order valence-corrected chi connectivity index (χ2v) is 6.40. The molecule has 0 N–H and O–H groups in total. The van der Waals surface area contributed by atoms with Crippen LogP contribution in [0.15, 0.2) is 73.1 Å². The van der Waals surface area contributed by atoms with Gasteiger partial charge in [-0.25, -0.2) is 4.98 Å². The van der Waals surface area contributed by atoms with E-state index in [1.807, 2.05) is 65.3 Å². The molecule has 2 aromatic heterocycles. The average molecular weight is 406 g/mol. The van der Waals surface area contributed by atoms with E-state index < -0.39 is 0 Å². The van der Waals surface area contributed by atoms with E-state index in [9.17, 15) is 0 Å². The summed E-state index contributed by atoms with van der Waals surface area (Å²) < 4.78 is 7.91. The molecule has 0 aliphatic heterocycles. The van der Waals surface area contributed by atoms with Gasteiger partial charge in [-0.1, -0.05) is 59.6 Å². The van der Waals surface area contributed by atoms with Crippen LogP contribution in [0.5, 0.6) is 5.75 Å². The molecular weight excluding hydrogens is 391 g/mol. The number of imidazole rings is 1. The van der Waals surface area contributed by atoms with Crippen molar-refractivity contribution in [2.24, 2.45) is 0 Å². The third-order valence-electron chi connectivity index (χ3n) is 3.95. The Bertz CT molecular complexity index is 1010. The van der Waals surface area contributed by atoms with Gasteiger partial charge in [-0.2, -0.15) is 0 Å². The fraction of sp³-hybridized carbons (Fsp3) is 0.0500. The highest BCUT2D eigenvalue weighted by Gasteiger charge is 2.11. The molecule has 0 atom stereocenters. The Labute approximate surface area is 167 Å². The third-order valence-corrected chi connectivity index (χ3v) is 4.66. The monoisotopic (exact) mass is 404 g/mol. The molecule has 0 amide bonds. The minimum absolute atomic E-state index is 0. The predicted molar refractivity (Wildman–Crippen MR) is 109 cm³/mol. The second-order valence-electron chi connectivity index (χ2n) is 5.58. The van der Waals surface area contributed by atoms with Gasteiger partial charge < -0.3 is 9.14 Å². The zero-order valence-corrected chi connectivity index (χ0v) is 15.9. The van der Waals surface area contributed by atoms with Crippen molar-refractivity contribution in [1.82, 2.24) is 9.38 Å². The molecule has 0 bridgehead atoms. The summed E-state index contributed by atoms with van der Waals surface area (Å²) in [5.41, 5.74) is 3.48. The SMILES string of the molecule is Cl.Clc1cccc(Cl)c1COc1cccn2cc(-c3ccccc3)nc12. The van der Waals surface area contributed by atoms with Crippen molar-refractivity contribution in [3.8, 4) is 17.0 Å². The van der Waals surface area contributed by atoms with Gasteiger partial charge in [-0.15, -0.1) is 12.4 Å². The van der Waals surface area contributed by atoms with E-state index in [4.69, 9.17) is 32.9 Å². The molecule has 0 unspecified atom stereocenters.